The van der Waals surface area contributed by atoms with Crippen molar-refractivity contribution in [1.82, 2.24) is 19.6 Å². The van der Waals surface area contributed by atoms with Crippen molar-refractivity contribution < 1.29 is 151 Å². The zero-order valence-electron chi connectivity index (χ0n) is 32.6. The van der Waals surface area contributed by atoms with E-state index in [9.17, 15) is 56.9 Å². The summed E-state index contributed by atoms with van der Waals surface area (Å²) in [6.07, 6.45) is 0. The maximum Gasteiger partial charge on any atom is 1.00 e. The third-order valence-electron chi connectivity index (χ3n) is 7.59. The number of azo groups is 2. The Kier molecular flexibility index (Phi) is 20.7. The zero-order valence-corrected chi connectivity index (χ0v) is 41.3. The van der Waals surface area contributed by atoms with E-state index in [-0.39, 0.29) is 184 Å². The first kappa shape index (κ1) is 55.8. The number of nitro groups is 2. The van der Waals surface area contributed by atoms with Crippen LogP contribution in [0.3, 0.4) is 0 Å². The van der Waals surface area contributed by atoms with Crippen molar-refractivity contribution in [2.45, 2.75) is 23.6 Å². The first-order valence-corrected chi connectivity index (χ1v) is 18.5. The normalized spacial score (nSPS) is 11.0. The van der Waals surface area contributed by atoms with E-state index in [0.717, 1.165) is 70.0 Å². The molecule has 2 aromatic heterocycles. The monoisotopic (exact) mass is 964 g/mol. The summed E-state index contributed by atoms with van der Waals surface area (Å²) in [5.74, 6) is -0.727. The molecule has 0 bridgehead atoms. The minimum Gasteiger partial charge on any atom is -0.506 e. The molecule has 1 radical (unpaired) electrons. The minimum absolute atomic E-state index is 0. The van der Waals surface area contributed by atoms with Gasteiger partial charge in [-0.05, 0) is 60.7 Å². The van der Waals surface area contributed by atoms with Crippen LogP contribution in [0.15, 0.2) is 125 Å². The van der Waals surface area contributed by atoms with Crippen molar-refractivity contribution in [3.63, 3.8) is 0 Å². The van der Waals surface area contributed by atoms with Gasteiger partial charge in [-0.2, -0.15) is 27.1 Å². The SMILES string of the molecule is Cc1nn(-c2ccc(S(=O)(=O)O)cc2)c(=O)[c-]1N=Nc1cc([N+](=O)[O-])ccc1O.Cc1nn(-c2ccc(S(=O)(=O)O)cc2)c(=O)[c-]1N=Nc1cc([N+](=O)[O-])ccc1O.[Co].[Na+].[Na+].[Na+]. The summed E-state index contributed by atoms with van der Waals surface area (Å²) in [5, 5.41) is 64.1. The molecular weight excluding hydrogens is 940 g/mol. The van der Waals surface area contributed by atoms with Gasteiger partial charge in [0.15, 0.2) is 0 Å². The molecule has 0 aliphatic heterocycles. The number of benzene rings is 4. The Labute approximate surface area is 425 Å². The van der Waals surface area contributed by atoms with Crippen LogP contribution < -0.4 is 99.8 Å². The molecule has 30 heteroatoms. The van der Waals surface area contributed by atoms with Crippen molar-refractivity contribution in [3.8, 4) is 22.9 Å². The van der Waals surface area contributed by atoms with Crippen LogP contribution in [0.4, 0.5) is 34.1 Å². The van der Waals surface area contributed by atoms with Crippen LogP contribution in [-0.4, -0.2) is 65.6 Å². The number of phenolic OH excluding ortho intramolecular Hbond substituents is 2. The van der Waals surface area contributed by atoms with Gasteiger partial charge in [-0.15, -0.1) is 11.4 Å². The number of non-ortho nitro benzene ring substituents is 2. The molecule has 4 N–H and O–H groups in total. The van der Waals surface area contributed by atoms with E-state index in [1.165, 1.54) is 38.1 Å². The predicted octanol–water partition coefficient (Wildman–Crippen LogP) is -3.92. The first-order valence-electron chi connectivity index (χ1n) is 15.6. The Morgan fingerprint density at radius 1 is 0.597 bits per heavy atom. The van der Waals surface area contributed by atoms with E-state index in [2.05, 4.69) is 30.7 Å². The first-order chi connectivity index (χ1) is 27.1. The second-order valence-electron chi connectivity index (χ2n) is 11.5. The summed E-state index contributed by atoms with van der Waals surface area (Å²) in [7, 11) is -8.76. The predicted molar refractivity (Wildman–Crippen MR) is 198 cm³/mol. The molecule has 6 rings (SSSR count). The topological polar surface area (TPSA) is 355 Å². The van der Waals surface area contributed by atoms with Gasteiger partial charge in [0.2, 0.25) is 0 Å². The van der Waals surface area contributed by atoms with E-state index in [4.69, 9.17) is 9.11 Å². The van der Waals surface area contributed by atoms with Gasteiger partial charge in [0.1, 0.15) is 34.0 Å². The molecule has 0 aliphatic carbocycles. The Bertz CT molecular complexity index is 2810. The number of aromatic nitrogens is 4. The minimum atomic E-state index is -4.38. The molecule has 0 amide bonds. The van der Waals surface area contributed by atoms with Crippen LogP contribution in [-0.2, 0) is 37.0 Å². The summed E-state index contributed by atoms with van der Waals surface area (Å²) in [4.78, 5) is 44.7. The summed E-state index contributed by atoms with van der Waals surface area (Å²) >= 11 is 0. The fourth-order valence-corrected chi connectivity index (χ4v) is 5.67. The molecule has 6 aromatic rings. The molecule has 0 unspecified atom stereocenters. The van der Waals surface area contributed by atoms with Crippen LogP contribution in [0, 0.1) is 34.1 Å². The van der Waals surface area contributed by atoms with Crippen molar-refractivity contribution >= 4 is 54.4 Å². The number of nitro benzene ring substituents is 2. The van der Waals surface area contributed by atoms with Gasteiger partial charge in [0.05, 0.1) is 31.0 Å². The van der Waals surface area contributed by atoms with Crippen LogP contribution in [0.2, 0.25) is 0 Å². The van der Waals surface area contributed by atoms with Gasteiger partial charge < -0.3 is 30.0 Å². The molecule has 0 spiro atoms. The summed E-state index contributed by atoms with van der Waals surface area (Å²) in [6, 6.07) is 15.8. The van der Waals surface area contributed by atoms with Gasteiger partial charge >= 0.3 is 88.7 Å². The van der Waals surface area contributed by atoms with E-state index in [1.54, 1.807) is 0 Å². The Hall–Kier alpha value is -4.17. The molecule has 2 heterocycles. The second-order valence-corrected chi connectivity index (χ2v) is 14.3. The van der Waals surface area contributed by atoms with Crippen LogP contribution in [0.1, 0.15) is 11.4 Å². The number of nitrogens with zero attached hydrogens (tertiary/aromatic N) is 10. The fraction of sp³-hybridized carbons (Fsp3) is 0.0625. The van der Waals surface area contributed by atoms with Gasteiger partial charge in [-0.1, -0.05) is 25.2 Å². The zero-order chi connectivity index (χ0) is 42.7. The van der Waals surface area contributed by atoms with Crippen molar-refractivity contribution in [2.24, 2.45) is 20.5 Å². The fourth-order valence-electron chi connectivity index (χ4n) is 4.71. The van der Waals surface area contributed by atoms with Gasteiger partial charge in [-0.25, -0.2) is 19.6 Å². The van der Waals surface area contributed by atoms with E-state index in [1.807, 2.05) is 0 Å². The molecule has 62 heavy (non-hydrogen) atoms. The molecular formula is C32H24CoN10Na3O14S2+. The average molecular weight is 965 g/mol. The quantitative estimate of drug-likeness (QED) is 0.0254. The largest absolute Gasteiger partial charge is 1.00 e. The maximum absolute atomic E-state index is 12.6. The Morgan fingerprint density at radius 2 is 0.903 bits per heavy atom. The van der Waals surface area contributed by atoms with E-state index < -0.39 is 41.2 Å². The standard InChI is InChI=1S/2C16H12N5O7S.Co.3Na/c2*1-9-15(18-17-13-8-11(21(24)25)4-7-14(13)22)16(23)20(19-9)10-2-5-12(6-3-10)29(26,27)28;;;;/h2*2-8,22H,1H3,(H,26,27,28);;;;/q2*-1;;3*+1. The van der Waals surface area contributed by atoms with Gasteiger partial charge in [0.25, 0.3) is 31.6 Å². The summed E-state index contributed by atoms with van der Waals surface area (Å²) in [5.41, 5.74) is -1.96. The molecule has 0 saturated heterocycles. The number of phenols is 2. The molecule has 4 aromatic carbocycles. The Morgan fingerprint density at radius 3 is 1.18 bits per heavy atom. The van der Waals surface area contributed by atoms with E-state index in [0.29, 0.717) is 0 Å². The smallest absolute Gasteiger partial charge is 0.506 e. The number of aryl methyl sites for hydroxylation is 2. The second kappa shape index (κ2) is 23.0. The number of aromatic hydroxyl groups is 2. The third kappa shape index (κ3) is 13.4. The molecule has 0 atom stereocenters. The molecule has 309 valence electrons. The van der Waals surface area contributed by atoms with Crippen LogP contribution in [0.5, 0.6) is 11.5 Å². The number of rotatable bonds is 10. The average Bonchev–Trinajstić information content (AvgIpc) is 3.61. The molecule has 0 saturated carbocycles. The molecule has 0 aliphatic rings. The third-order valence-corrected chi connectivity index (χ3v) is 9.32. The van der Waals surface area contributed by atoms with Crippen molar-refractivity contribution in [3.05, 3.63) is 137 Å². The number of hydrogen-bond donors (Lipinski definition) is 4. The van der Waals surface area contributed by atoms with Crippen molar-refractivity contribution in [2.75, 3.05) is 0 Å². The Balaban J connectivity index is 0.000000582. The van der Waals surface area contributed by atoms with Crippen LogP contribution in [0.25, 0.3) is 11.4 Å². The maximum atomic E-state index is 12.6. The molecule has 24 nitrogen and oxygen atoms in total. The van der Waals surface area contributed by atoms with E-state index >= 15 is 0 Å². The van der Waals surface area contributed by atoms with Crippen LogP contribution >= 0.6 is 0 Å². The number of hydrogen-bond acceptors (Lipinski definition) is 18. The molecule has 0 fully saturated rings. The summed E-state index contributed by atoms with van der Waals surface area (Å²) < 4.78 is 64.3. The van der Waals surface area contributed by atoms with Gasteiger partial charge in [0, 0.05) is 41.0 Å². The van der Waals surface area contributed by atoms with Crippen molar-refractivity contribution in [1.29, 1.82) is 0 Å². The van der Waals surface area contributed by atoms with Gasteiger partial charge in [-0.3, -0.25) is 29.3 Å². The summed E-state index contributed by atoms with van der Waals surface area (Å²) in [6.45, 7) is 2.96.